The zero-order valence-corrected chi connectivity index (χ0v) is 20.3. The number of amides is 1. The van der Waals surface area contributed by atoms with Crippen molar-refractivity contribution in [1.82, 2.24) is 14.4 Å². The first kappa shape index (κ1) is 23.8. The molecule has 3 aromatic rings. The van der Waals surface area contributed by atoms with Gasteiger partial charge in [0.15, 0.2) is 0 Å². The number of likely N-dealkylation sites (N-methyl/N-ethyl adjacent to an activating group) is 1. The molecule has 3 unspecified atom stereocenters. The van der Waals surface area contributed by atoms with E-state index in [2.05, 4.69) is 16.7 Å². The molecule has 3 atom stereocenters. The molecule has 7 heteroatoms. The number of rotatable bonds is 8. The molecule has 0 aliphatic carbocycles. The lowest BCUT2D eigenvalue weighted by molar-refractivity contribution is -0.143. The number of benzene rings is 2. The van der Waals surface area contributed by atoms with Gasteiger partial charge < -0.3 is 19.3 Å². The Morgan fingerprint density at radius 3 is 2.47 bits per heavy atom. The highest BCUT2D eigenvalue weighted by atomic mass is 16.5. The maximum Gasteiger partial charge on any atom is 0.309 e. The summed E-state index contributed by atoms with van der Waals surface area (Å²) in [5, 5.41) is 11.5. The van der Waals surface area contributed by atoms with Gasteiger partial charge in [0.2, 0.25) is 5.91 Å². The standard InChI is InChI=1S/C27H33N3O4/c1-5-13-29(3)24(31)17-30-16-22(19-8-11-23-20(15-19)12-14-28(23)2)25(27(32)33)26(30)18-6-9-21(34-4)10-7-18/h6-12,14-15,22,25-26H,5,13,16-17H2,1-4H3,(H,32,33). The van der Waals surface area contributed by atoms with Crippen molar-refractivity contribution < 1.29 is 19.4 Å². The number of carboxylic acids is 1. The summed E-state index contributed by atoms with van der Waals surface area (Å²) >= 11 is 0. The Labute approximate surface area is 200 Å². The molecule has 1 aliphatic heterocycles. The van der Waals surface area contributed by atoms with Crippen LogP contribution in [0.1, 0.15) is 36.4 Å². The molecular weight excluding hydrogens is 430 g/mol. The number of aliphatic carboxylic acids is 1. The minimum atomic E-state index is -0.851. The van der Waals surface area contributed by atoms with E-state index in [9.17, 15) is 14.7 Å². The van der Waals surface area contributed by atoms with Crippen LogP contribution in [-0.2, 0) is 16.6 Å². The van der Waals surface area contributed by atoms with E-state index in [1.807, 2.05) is 61.5 Å². The summed E-state index contributed by atoms with van der Waals surface area (Å²) in [6, 6.07) is 15.3. The molecule has 0 saturated carbocycles. The van der Waals surface area contributed by atoms with E-state index < -0.39 is 17.9 Å². The van der Waals surface area contributed by atoms with E-state index in [-0.39, 0.29) is 18.4 Å². The smallest absolute Gasteiger partial charge is 0.309 e. The Bertz CT molecular complexity index is 1170. The van der Waals surface area contributed by atoms with Crippen molar-refractivity contribution in [3.8, 4) is 5.75 Å². The largest absolute Gasteiger partial charge is 0.497 e. The number of fused-ring (bicyclic) bond motifs is 1. The van der Waals surface area contributed by atoms with Gasteiger partial charge in [-0.3, -0.25) is 14.5 Å². The number of carbonyl (C=O) groups is 2. The fourth-order valence-electron chi connectivity index (χ4n) is 5.21. The molecule has 2 aromatic carbocycles. The van der Waals surface area contributed by atoms with Crippen LogP contribution in [0.3, 0.4) is 0 Å². The predicted molar refractivity (Wildman–Crippen MR) is 132 cm³/mol. The third kappa shape index (κ3) is 4.53. The van der Waals surface area contributed by atoms with Gasteiger partial charge in [0, 0.05) is 50.9 Å². The highest BCUT2D eigenvalue weighted by molar-refractivity contribution is 5.82. The number of hydrogen-bond donors (Lipinski definition) is 1. The number of hydrogen-bond acceptors (Lipinski definition) is 4. The molecule has 180 valence electrons. The summed E-state index contributed by atoms with van der Waals surface area (Å²) in [5.74, 6) is -1.05. The van der Waals surface area contributed by atoms with E-state index in [1.165, 1.54) is 0 Å². The van der Waals surface area contributed by atoms with Crippen LogP contribution >= 0.6 is 0 Å². The molecular formula is C27H33N3O4. The molecule has 1 N–H and O–H groups in total. The van der Waals surface area contributed by atoms with Gasteiger partial charge in [0.1, 0.15) is 5.75 Å². The van der Waals surface area contributed by atoms with E-state index in [0.717, 1.165) is 28.5 Å². The van der Waals surface area contributed by atoms with Crippen molar-refractivity contribution in [2.24, 2.45) is 13.0 Å². The number of carbonyl (C=O) groups excluding carboxylic acids is 1. The van der Waals surface area contributed by atoms with E-state index >= 15 is 0 Å². The second-order valence-electron chi connectivity index (χ2n) is 9.18. The summed E-state index contributed by atoms with van der Waals surface area (Å²) in [4.78, 5) is 29.4. The van der Waals surface area contributed by atoms with Crippen LogP contribution in [0, 0.1) is 5.92 Å². The number of methoxy groups -OCH3 is 1. The van der Waals surface area contributed by atoms with Crippen molar-refractivity contribution in [1.29, 1.82) is 0 Å². The van der Waals surface area contributed by atoms with Crippen LogP contribution in [0.4, 0.5) is 0 Å². The lowest BCUT2D eigenvalue weighted by Gasteiger charge is -2.28. The summed E-state index contributed by atoms with van der Waals surface area (Å²) in [5.41, 5.74) is 2.97. The first-order valence-electron chi connectivity index (χ1n) is 11.7. The third-order valence-corrected chi connectivity index (χ3v) is 7.00. The maximum atomic E-state index is 13.0. The van der Waals surface area contributed by atoms with Gasteiger partial charge in [0.25, 0.3) is 0 Å². The van der Waals surface area contributed by atoms with Crippen LogP contribution in [-0.4, -0.2) is 65.1 Å². The number of aromatic nitrogens is 1. The predicted octanol–water partition coefficient (Wildman–Crippen LogP) is 3.90. The van der Waals surface area contributed by atoms with Crippen LogP contribution in [0.25, 0.3) is 10.9 Å². The molecule has 1 fully saturated rings. The van der Waals surface area contributed by atoms with Gasteiger partial charge in [-0.25, -0.2) is 0 Å². The molecule has 0 radical (unpaired) electrons. The minimum Gasteiger partial charge on any atom is -0.497 e. The molecule has 4 rings (SSSR count). The Hall–Kier alpha value is -3.32. The Morgan fingerprint density at radius 1 is 1.12 bits per heavy atom. The average Bonchev–Trinajstić information content (AvgIpc) is 3.39. The third-order valence-electron chi connectivity index (χ3n) is 7.00. The fourth-order valence-corrected chi connectivity index (χ4v) is 5.21. The van der Waals surface area contributed by atoms with Crippen molar-refractivity contribution in [2.75, 3.05) is 33.8 Å². The van der Waals surface area contributed by atoms with Gasteiger partial charge >= 0.3 is 5.97 Å². The highest BCUT2D eigenvalue weighted by Gasteiger charge is 2.48. The first-order valence-corrected chi connectivity index (χ1v) is 11.7. The maximum absolute atomic E-state index is 13.0. The van der Waals surface area contributed by atoms with Gasteiger partial charge in [-0.1, -0.05) is 25.1 Å². The molecule has 0 spiro atoms. The van der Waals surface area contributed by atoms with Crippen LogP contribution in [0.15, 0.2) is 54.7 Å². The lowest BCUT2D eigenvalue weighted by Crippen LogP contribution is -2.39. The topological polar surface area (TPSA) is 75.0 Å². The van der Waals surface area contributed by atoms with Gasteiger partial charge in [0.05, 0.1) is 19.6 Å². The summed E-state index contributed by atoms with van der Waals surface area (Å²) < 4.78 is 7.35. The average molecular weight is 464 g/mol. The van der Waals surface area contributed by atoms with Crippen LogP contribution in [0.2, 0.25) is 0 Å². The van der Waals surface area contributed by atoms with E-state index in [4.69, 9.17) is 4.74 Å². The Kier molecular flexibility index (Phi) is 6.93. The summed E-state index contributed by atoms with van der Waals surface area (Å²) in [6.45, 7) is 3.39. The quantitative estimate of drug-likeness (QED) is 0.549. The number of likely N-dealkylation sites (tertiary alicyclic amines) is 1. The second-order valence-corrected chi connectivity index (χ2v) is 9.18. The zero-order valence-electron chi connectivity index (χ0n) is 20.3. The minimum absolute atomic E-state index is 0.00339. The lowest BCUT2D eigenvalue weighted by atomic mass is 9.82. The molecule has 2 heterocycles. The van der Waals surface area contributed by atoms with Crippen molar-refractivity contribution in [2.45, 2.75) is 25.3 Å². The van der Waals surface area contributed by atoms with Crippen molar-refractivity contribution in [3.05, 3.63) is 65.9 Å². The van der Waals surface area contributed by atoms with Crippen LogP contribution in [0.5, 0.6) is 5.75 Å². The molecule has 34 heavy (non-hydrogen) atoms. The highest BCUT2D eigenvalue weighted by Crippen LogP contribution is 2.46. The van der Waals surface area contributed by atoms with E-state index in [0.29, 0.717) is 18.8 Å². The first-order chi connectivity index (χ1) is 16.3. The Morgan fingerprint density at radius 2 is 1.82 bits per heavy atom. The molecule has 1 aromatic heterocycles. The number of ether oxygens (including phenoxy) is 1. The van der Waals surface area contributed by atoms with Gasteiger partial charge in [-0.15, -0.1) is 0 Å². The van der Waals surface area contributed by atoms with Crippen molar-refractivity contribution >= 4 is 22.8 Å². The number of aryl methyl sites for hydroxylation is 1. The summed E-state index contributed by atoms with van der Waals surface area (Å²) in [6.07, 6.45) is 2.88. The van der Waals surface area contributed by atoms with E-state index in [1.54, 1.807) is 19.1 Å². The molecule has 1 amide bonds. The van der Waals surface area contributed by atoms with Gasteiger partial charge in [-0.2, -0.15) is 0 Å². The number of carboxylic acid groups (broad SMARTS) is 1. The molecule has 1 aliphatic rings. The fraction of sp³-hybridized carbons (Fsp3) is 0.407. The monoisotopic (exact) mass is 463 g/mol. The molecule has 1 saturated heterocycles. The number of nitrogens with zero attached hydrogens (tertiary/aromatic N) is 3. The SMILES string of the molecule is CCCN(C)C(=O)CN1CC(c2ccc3c(ccn3C)c2)C(C(=O)O)C1c1ccc(OC)cc1. The van der Waals surface area contributed by atoms with Gasteiger partial charge in [-0.05, 0) is 53.3 Å². The van der Waals surface area contributed by atoms with Crippen molar-refractivity contribution in [3.63, 3.8) is 0 Å². The van der Waals surface area contributed by atoms with Crippen LogP contribution < -0.4 is 4.74 Å². The Balaban J connectivity index is 1.74. The second kappa shape index (κ2) is 9.89. The molecule has 0 bridgehead atoms. The summed E-state index contributed by atoms with van der Waals surface area (Å²) in [7, 11) is 5.41. The zero-order chi connectivity index (χ0) is 24.4. The molecule has 7 nitrogen and oxygen atoms in total. The normalized spacial score (nSPS) is 20.5.